The third kappa shape index (κ3) is 4.85. The van der Waals surface area contributed by atoms with Gasteiger partial charge in [0.15, 0.2) is 28.8 Å². The van der Waals surface area contributed by atoms with Crippen molar-refractivity contribution in [1.82, 2.24) is 0 Å². The molecule has 5 heteroatoms. The van der Waals surface area contributed by atoms with E-state index in [0.717, 1.165) is 48.0 Å². The van der Waals surface area contributed by atoms with Gasteiger partial charge in [-0.15, -0.1) is 0 Å². The zero-order valence-corrected chi connectivity index (χ0v) is 18.0. The lowest BCUT2D eigenvalue weighted by molar-refractivity contribution is -0.112. The molecular formula is C25H28O5. The Morgan fingerprint density at radius 3 is 1.40 bits per heavy atom. The fourth-order valence-corrected chi connectivity index (χ4v) is 3.63. The molecule has 3 rings (SSSR count). The van der Waals surface area contributed by atoms with Crippen LogP contribution in [0.3, 0.4) is 0 Å². The topological polar surface area (TPSA) is 54.0 Å². The van der Waals surface area contributed by atoms with Crippen LogP contribution < -0.4 is 18.9 Å². The molecule has 0 amide bonds. The van der Waals surface area contributed by atoms with Crippen molar-refractivity contribution in [3.63, 3.8) is 0 Å². The summed E-state index contributed by atoms with van der Waals surface area (Å²) in [7, 11) is 6.43. The number of hydrogen-bond donors (Lipinski definition) is 0. The number of benzene rings is 2. The van der Waals surface area contributed by atoms with E-state index in [2.05, 4.69) is 0 Å². The number of Topliss-reactive ketones (excluding diaryl/α,β-unsaturated/α-hetero) is 1. The van der Waals surface area contributed by atoms with Crippen LogP contribution in [-0.2, 0) is 4.79 Å². The lowest BCUT2D eigenvalue weighted by atomic mass is 9.97. The van der Waals surface area contributed by atoms with Gasteiger partial charge in [-0.3, -0.25) is 4.79 Å². The lowest BCUT2D eigenvalue weighted by Crippen LogP contribution is -2.04. The Labute approximate surface area is 177 Å². The Morgan fingerprint density at radius 2 is 1.03 bits per heavy atom. The summed E-state index contributed by atoms with van der Waals surface area (Å²) in [6, 6.07) is 11.4. The summed E-state index contributed by atoms with van der Waals surface area (Å²) in [4.78, 5) is 13.3. The number of carbonyl (C=O) groups excluding carboxylic acids is 1. The van der Waals surface area contributed by atoms with Gasteiger partial charge < -0.3 is 18.9 Å². The number of ether oxygens (including phenoxy) is 4. The first kappa shape index (κ1) is 21.5. The summed E-state index contributed by atoms with van der Waals surface area (Å²) in [5.74, 6) is 2.72. The predicted molar refractivity (Wildman–Crippen MR) is 119 cm³/mol. The highest BCUT2D eigenvalue weighted by Crippen LogP contribution is 2.32. The maximum Gasteiger partial charge on any atom is 0.185 e. The quantitative estimate of drug-likeness (QED) is 0.478. The van der Waals surface area contributed by atoms with Crippen LogP contribution in [0.4, 0.5) is 0 Å². The second-order valence-corrected chi connectivity index (χ2v) is 7.10. The van der Waals surface area contributed by atoms with E-state index in [0.29, 0.717) is 23.0 Å². The van der Waals surface area contributed by atoms with Crippen LogP contribution in [-0.4, -0.2) is 34.2 Å². The lowest BCUT2D eigenvalue weighted by Gasteiger charge is -2.10. The van der Waals surface area contributed by atoms with E-state index in [-0.39, 0.29) is 5.78 Å². The van der Waals surface area contributed by atoms with Crippen LogP contribution in [0.1, 0.15) is 36.8 Å². The molecule has 0 aliphatic heterocycles. The van der Waals surface area contributed by atoms with E-state index >= 15 is 0 Å². The fourth-order valence-electron chi connectivity index (χ4n) is 3.63. The maximum atomic E-state index is 13.3. The Bertz CT molecular complexity index is 894. The van der Waals surface area contributed by atoms with Crippen molar-refractivity contribution in [3.8, 4) is 23.0 Å². The highest BCUT2D eigenvalue weighted by Gasteiger charge is 2.19. The molecule has 30 heavy (non-hydrogen) atoms. The molecule has 5 nitrogen and oxygen atoms in total. The maximum absolute atomic E-state index is 13.3. The Morgan fingerprint density at radius 1 is 0.633 bits per heavy atom. The number of allylic oxidation sites excluding steroid dienone is 2. The SMILES string of the molecule is COc1ccc(/C=C2/CCCC/C(=C\c3ccc(OC)c(OC)c3)C2=O)cc1OC. The Hall–Kier alpha value is -3.21. The third-order valence-electron chi connectivity index (χ3n) is 5.22. The minimum absolute atomic E-state index is 0.0945. The summed E-state index contributed by atoms with van der Waals surface area (Å²) in [5, 5.41) is 0. The van der Waals surface area contributed by atoms with Crippen LogP contribution >= 0.6 is 0 Å². The van der Waals surface area contributed by atoms with Crippen molar-refractivity contribution in [1.29, 1.82) is 0 Å². The predicted octanol–water partition coefficient (Wildman–Crippen LogP) is 5.33. The van der Waals surface area contributed by atoms with Crippen molar-refractivity contribution >= 4 is 17.9 Å². The first-order valence-corrected chi connectivity index (χ1v) is 9.99. The van der Waals surface area contributed by atoms with Crippen LogP contribution in [0.5, 0.6) is 23.0 Å². The molecule has 0 bridgehead atoms. The molecule has 1 saturated carbocycles. The highest BCUT2D eigenvalue weighted by atomic mass is 16.5. The van der Waals surface area contributed by atoms with Gasteiger partial charge in [-0.25, -0.2) is 0 Å². The van der Waals surface area contributed by atoms with Crippen LogP contribution in [0.25, 0.3) is 12.2 Å². The summed E-state index contributed by atoms with van der Waals surface area (Å²) < 4.78 is 21.4. The second-order valence-electron chi connectivity index (χ2n) is 7.10. The molecule has 2 aromatic carbocycles. The van der Waals surface area contributed by atoms with Crippen molar-refractivity contribution in [3.05, 3.63) is 58.7 Å². The van der Waals surface area contributed by atoms with Gasteiger partial charge in [-0.2, -0.15) is 0 Å². The minimum atomic E-state index is 0.0945. The molecule has 0 spiro atoms. The van der Waals surface area contributed by atoms with Gasteiger partial charge in [0, 0.05) is 11.1 Å². The molecule has 2 aromatic rings. The average molecular weight is 408 g/mol. The molecule has 0 N–H and O–H groups in total. The van der Waals surface area contributed by atoms with Gasteiger partial charge >= 0.3 is 0 Å². The van der Waals surface area contributed by atoms with Gasteiger partial charge in [0.1, 0.15) is 0 Å². The minimum Gasteiger partial charge on any atom is -0.493 e. The summed E-state index contributed by atoms with van der Waals surface area (Å²) >= 11 is 0. The van der Waals surface area contributed by atoms with Gasteiger partial charge in [0.2, 0.25) is 0 Å². The Balaban J connectivity index is 1.93. The van der Waals surface area contributed by atoms with Gasteiger partial charge in [-0.1, -0.05) is 12.1 Å². The first-order valence-electron chi connectivity index (χ1n) is 9.99. The number of rotatable bonds is 6. The van der Waals surface area contributed by atoms with Crippen LogP contribution in [0.15, 0.2) is 47.5 Å². The van der Waals surface area contributed by atoms with Crippen molar-refractivity contribution < 1.29 is 23.7 Å². The summed E-state index contributed by atoms with van der Waals surface area (Å²) in [6.45, 7) is 0. The van der Waals surface area contributed by atoms with E-state index < -0.39 is 0 Å². The van der Waals surface area contributed by atoms with Crippen molar-refractivity contribution in [2.24, 2.45) is 0 Å². The van der Waals surface area contributed by atoms with Crippen LogP contribution in [0, 0.1) is 0 Å². The van der Waals surface area contributed by atoms with E-state index in [9.17, 15) is 4.79 Å². The smallest absolute Gasteiger partial charge is 0.185 e. The molecule has 0 aromatic heterocycles. The normalized spacial score (nSPS) is 17.0. The molecule has 1 aliphatic rings. The molecule has 0 radical (unpaired) electrons. The van der Waals surface area contributed by atoms with Gasteiger partial charge in [0.25, 0.3) is 0 Å². The second kappa shape index (κ2) is 10.0. The monoisotopic (exact) mass is 408 g/mol. The van der Waals surface area contributed by atoms with E-state index in [4.69, 9.17) is 18.9 Å². The molecule has 0 saturated heterocycles. The average Bonchev–Trinajstić information content (AvgIpc) is 2.95. The molecule has 0 unspecified atom stereocenters. The standard InChI is InChI=1S/C25H28O5/c1-27-21-11-9-17(15-23(21)29-3)13-19-7-5-6-8-20(25(19)26)14-18-10-12-22(28-2)24(16-18)30-4/h9-16H,5-8H2,1-4H3/b19-13-,20-14+. The van der Waals surface area contributed by atoms with Crippen LogP contribution in [0.2, 0.25) is 0 Å². The highest BCUT2D eigenvalue weighted by molar-refractivity contribution is 6.13. The number of ketones is 1. The largest absolute Gasteiger partial charge is 0.493 e. The number of carbonyl (C=O) groups is 1. The zero-order chi connectivity index (χ0) is 21.5. The first-order chi connectivity index (χ1) is 14.6. The van der Waals surface area contributed by atoms with E-state index in [1.165, 1.54) is 0 Å². The van der Waals surface area contributed by atoms with Gasteiger partial charge in [0.05, 0.1) is 28.4 Å². The molecule has 0 atom stereocenters. The van der Waals surface area contributed by atoms with Gasteiger partial charge in [-0.05, 0) is 73.2 Å². The molecular weight excluding hydrogens is 380 g/mol. The molecule has 1 aliphatic carbocycles. The third-order valence-corrected chi connectivity index (χ3v) is 5.22. The summed E-state index contributed by atoms with van der Waals surface area (Å²) in [5.41, 5.74) is 3.46. The fraction of sp³-hybridized carbons (Fsp3) is 0.320. The number of hydrogen-bond acceptors (Lipinski definition) is 5. The Kier molecular flexibility index (Phi) is 7.17. The van der Waals surface area contributed by atoms with E-state index in [1.54, 1.807) is 28.4 Å². The van der Waals surface area contributed by atoms with Crippen molar-refractivity contribution in [2.75, 3.05) is 28.4 Å². The van der Waals surface area contributed by atoms with E-state index in [1.807, 2.05) is 48.6 Å². The molecule has 158 valence electrons. The summed E-state index contributed by atoms with van der Waals surface area (Å²) in [6.07, 6.45) is 7.39. The molecule has 0 heterocycles. The molecule has 1 fully saturated rings. The van der Waals surface area contributed by atoms with Crippen molar-refractivity contribution in [2.45, 2.75) is 25.7 Å². The zero-order valence-electron chi connectivity index (χ0n) is 18.0. The number of methoxy groups -OCH3 is 4.